The standard InChI is InChI=1S/C20H19N7O/c1-2-4-13(5-3-1)17-10-15(28-27-17)12-22-20-21-9-8-18(24-20)23-19-11-16(25-26-19)14-6-7-14/h1-5,8-11,14H,6-7,12H2,(H3,21,22,23,24,25,26). The molecule has 0 aliphatic heterocycles. The van der Waals surface area contributed by atoms with Gasteiger partial charge in [0.25, 0.3) is 0 Å². The molecular weight excluding hydrogens is 354 g/mol. The number of aromatic nitrogens is 5. The van der Waals surface area contributed by atoms with Crippen LogP contribution in [0.2, 0.25) is 0 Å². The highest BCUT2D eigenvalue weighted by Crippen LogP contribution is 2.39. The van der Waals surface area contributed by atoms with Crippen molar-refractivity contribution in [3.63, 3.8) is 0 Å². The van der Waals surface area contributed by atoms with Crippen molar-refractivity contribution in [3.05, 3.63) is 66.2 Å². The molecule has 0 bridgehead atoms. The van der Waals surface area contributed by atoms with Crippen LogP contribution in [-0.4, -0.2) is 25.3 Å². The lowest BCUT2D eigenvalue weighted by atomic mass is 10.1. The van der Waals surface area contributed by atoms with E-state index in [4.69, 9.17) is 4.52 Å². The molecule has 1 fully saturated rings. The van der Waals surface area contributed by atoms with Gasteiger partial charge in [-0.3, -0.25) is 5.10 Å². The summed E-state index contributed by atoms with van der Waals surface area (Å²) in [7, 11) is 0. The normalized spacial score (nSPS) is 13.4. The van der Waals surface area contributed by atoms with Crippen molar-refractivity contribution in [1.29, 1.82) is 0 Å². The van der Waals surface area contributed by atoms with Gasteiger partial charge in [-0.05, 0) is 18.9 Å². The van der Waals surface area contributed by atoms with Crippen LogP contribution < -0.4 is 10.6 Å². The molecule has 8 heteroatoms. The van der Waals surface area contributed by atoms with E-state index in [1.165, 1.54) is 12.8 Å². The van der Waals surface area contributed by atoms with Gasteiger partial charge in [0.1, 0.15) is 17.3 Å². The Morgan fingerprint density at radius 2 is 2.00 bits per heavy atom. The van der Waals surface area contributed by atoms with Gasteiger partial charge in [0.2, 0.25) is 5.95 Å². The highest BCUT2D eigenvalue weighted by molar-refractivity contribution is 5.58. The Morgan fingerprint density at radius 1 is 1.11 bits per heavy atom. The third kappa shape index (κ3) is 3.71. The molecule has 0 spiro atoms. The third-order valence-electron chi connectivity index (χ3n) is 4.56. The van der Waals surface area contributed by atoms with Gasteiger partial charge in [-0.2, -0.15) is 10.1 Å². The van der Waals surface area contributed by atoms with Gasteiger partial charge >= 0.3 is 0 Å². The molecule has 5 rings (SSSR count). The summed E-state index contributed by atoms with van der Waals surface area (Å²) in [5, 5.41) is 17.8. The zero-order valence-corrected chi connectivity index (χ0v) is 15.1. The molecule has 3 N–H and O–H groups in total. The minimum absolute atomic E-state index is 0.444. The Morgan fingerprint density at radius 3 is 2.86 bits per heavy atom. The molecule has 0 unspecified atom stereocenters. The van der Waals surface area contributed by atoms with Crippen LogP contribution in [0, 0.1) is 0 Å². The molecule has 3 aromatic heterocycles. The molecule has 3 heterocycles. The first kappa shape index (κ1) is 16.5. The number of aromatic amines is 1. The lowest BCUT2D eigenvalue weighted by molar-refractivity contribution is 0.390. The van der Waals surface area contributed by atoms with E-state index in [9.17, 15) is 0 Å². The molecule has 1 aromatic carbocycles. The number of hydrogen-bond acceptors (Lipinski definition) is 7. The van der Waals surface area contributed by atoms with E-state index >= 15 is 0 Å². The van der Waals surface area contributed by atoms with Crippen LogP contribution in [0.15, 0.2) is 59.3 Å². The van der Waals surface area contributed by atoms with Crippen LogP contribution in [-0.2, 0) is 6.54 Å². The van der Waals surface area contributed by atoms with Crippen molar-refractivity contribution in [2.75, 3.05) is 10.6 Å². The van der Waals surface area contributed by atoms with Gasteiger partial charge in [0.05, 0.1) is 12.2 Å². The highest BCUT2D eigenvalue weighted by atomic mass is 16.5. The molecule has 28 heavy (non-hydrogen) atoms. The van der Waals surface area contributed by atoms with Crippen LogP contribution in [0.3, 0.4) is 0 Å². The quantitative estimate of drug-likeness (QED) is 0.448. The highest BCUT2D eigenvalue weighted by Gasteiger charge is 2.26. The fraction of sp³-hybridized carbons (Fsp3) is 0.200. The summed E-state index contributed by atoms with van der Waals surface area (Å²) in [5.74, 6) is 3.34. The van der Waals surface area contributed by atoms with E-state index in [2.05, 4.69) is 36.0 Å². The monoisotopic (exact) mass is 373 g/mol. The third-order valence-corrected chi connectivity index (χ3v) is 4.56. The van der Waals surface area contributed by atoms with Crippen LogP contribution in [0.1, 0.15) is 30.2 Å². The second-order valence-corrected chi connectivity index (χ2v) is 6.77. The molecule has 1 aliphatic rings. The Labute approximate surface area is 161 Å². The van der Waals surface area contributed by atoms with E-state index in [0.717, 1.165) is 22.8 Å². The fourth-order valence-electron chi connectivity index (χ4n) is 2.95. The van der Waals surface area contributed by atoms with E-state index in [1.807, 2.05) is 48.5 Å². The van der Waals surface area contributed by atoms with Crippen molar-refractivity contribution in [2.45, 2.75) is 25.3 Å². The molecule has 4 aromatic rings. The van der Waals surface area contributed by atoms with E-state index in [1.54, 1.807) is 6.20 Å². The molecule has 0 radical (unpaired) electrons. The second kappa shape index (κ2) is 7.15. The Balaban J connectivity index is 1.22. The van der Waals surface area contributed by atoms with Crippen LogP contribution in [0.25, 0.3) is 11.3 Å². The molecule has 0 atom stereocenters. The predicted octanol–water partition coefficient (Wildman–Crippen LogP) is 4.09. The summed E-state index contributed by atoms with van der Waals surface area (Å²) in [4.78, 5) is 8.73. The number of rotatable bonds is 7. The summed E-state index contributed by atoms with van der Waals surface area (Å²) in [6, 6.07) is 15.7. The van der Waals surface area contributed by atoms with Crippen molar-refractivity contribution >= 4 is 17.6 Å². The first-order valence-electron chi connectivity index (χ1n) is 9.24. The van der Waals surface area contributed by atoms with E-state index < -0.39 is 0 Å². The minimum atomic E-state index is 0.444. The SMILES string of the molecule is c1ccc(-c2cc(CNc3nccc(Nc4cc(C5CC5)n[nH]4)n3)on2)cc1. The van der Waals surface area contributed by atoms with E-state index in [-0.39, 0.29) is 0 Å². The van der Waals surface area contributed by atoms with Gasteiger partial charge in [0.15, 0.2) is 5.76 Å². The van der Waals surface area contributed by atoms with Gasteiger partial charge in [0, 0.05) is 29.8 Å². The van der Waals surface area contributed by atoms with Crippen LogP contribution in [0.5, 0.6) is 0 Å². The number of hydrogen-bond donors (Lipinski definition) is 3. The first-order chi connectivity index (χ1) is 13.8. The number of nitrogens with one attached hydrogen (secondary N) is 3. The van der Waals surface area contributed by atoms with Crippen molar-refractivity contribution in [3.8, 4) is 11.3 Å². The molecule has 1 saturated carbocycles. The van der Waals surface area contributed by atoms with Gasteiger partial charge in [-0.15, -0.1) is 0 Å². The minimum Gasteiger partial charge on any atom is -0.359 e. The Bertz CT molecular complexity index is 1070. The summed E-state index contributed by atoms with van der Waals surface area (Å²) < 4.78 is 5.40. The molecule has 0 amide bonds. The lowest BCUT2D eigenvalue weighted by Crippen LogP contribution is -2.04. The molecule has 1 aliphatic carbocycles. The second-order valence-electron chi connectivity index (χ2n) is 6.77. The average Bonchev–Trinajstić information content (AvgIpc) is 3.29. The molecular formula is C20H19N7O. The lowest BCUT2D eigenvalue weighted by Gasteiger charge is -2.05. The maximum absolute atomic E-state index is 5.40. The van der Waals surface area contributed by atoms with Crippen molar-refractivity contribution in [1.82, 2.24) is 25.3 Å². The zero-order chi connectivity index (χ0) is 18.8. The largest absolute Gasteiger partial charge is 0.359 e. The van der Waals surface area contributed by atoms with Gasteiger partial charge in [-0.25, -0.2) is 4.98 Å². The number of anilines is 3. The summed E-state index contributed by atoms with van der Waals surface area (Å²) in [5.41, 5.74) is 2.93. The summed E-state index contributed by atoms with van der Waals surface area (Å²) in [6.07, 6.45) is 4.14. The van der Waals surface area contributed by atoms with E-state index in [0.29, 0.717) is 30.0 Å². The van der Waals surface area contributed by atoms with Crippen LogP contribution in [0.4, 0.5) is 17.6 Å². The summed E-state index contributed by atoms with van der Waals surface area (Å²) in [6.45, 7) is 0.444. The zero-order valence-electron chi connectivity index (χ0n) is 15.1. The average molecular weight is 373 g/mol. The molecule has 8 nitrogen and oxygen atoms in total. The maximum Gasteiger partial charge on any atom is 0.224 e. The maximum atomic E-state index is 5.40. The number of nitrogens with zero attached hydrogens (tertiary/aromatic N) is 4. The van der Waals surface area contributed by atoms with Crippen molar-refractivity contribution < 1.29 is 4.52 Å². The van der Waals surface area contributed by atoms with Crippen LogP contribution >= 0.6 is 0 Å². The fourth-order valence-corrected chi connectivity index (χ4v) is 2.95. The smallest absolute Gasteiger partial charge is 0.224 e. The Hall–Kier alpha value is -3.68. The summed E-state index contributed by atoms with van der Waals surface area (Å²) >= 11 is 0. The first-order valence-corrected chi connectivity index (χ1v) is 9.24. The number of benzene rings is 1. The molecule has 0 saturated heterocycles. The topological polar surface area (TPSA) is 105 Å². The molecule has 140 valence electrons. The predicted molar refractivity (Wildman–Crippen MR) is 105 cm³/mol. The van der Waals surface area contributed by atoms with Gasteiger partial charge in [-0.1, -0.05) is 35.5 Å². The Kier molecular flexibility index (Phi) is 4.21. The number of H-pyrrole nitrogens is 1. The van der Waals surface area contributed by atoms with Crippen molar-refractivity contribution in [2.24, 2.45) is 0 Å². The van der Waals surface area contributed by atoms with Gasteiger partial charge < -0.3 is 15.2 Å².